The van der Waals surface area contributed by atoms with Gasteiger partial charge in [-0.05, 0) is 47.1 Å². The second kappa shape index (κ2) is 6.10. The molecule has 0 atom stereocenters. The Morgan fingerprint density at radius 2 is 2.05 bits per heavy atom. The molecule has 0 unspecified atom stereocenters. The molecule has 0 spiro atoms. The van der Waals surface area contributed by atoms with Crippen molar-refractivity contribution in [3.05, 3.63) is 56.1 Å². The summed E-state index contributed by atoms with van der Waals surface area (Å²) >= 11 is 6.47. The quantitative estimate of drug-likeness (QED) is 0.753. The van der Waals surface area contributed by atoms with E-state index in [-0.39, 0.29) is 24.0 Å². The minimum atomic E-state index is -0.342. The maximum Gasteiger partial charge on any atom is 0.289 e. The molecule has 1 amide bonds. The zero-order valence-electron chi connectivity index (χ0n) is 10.9. The van der Waals surface area contributed by atoms with E-state index < -0.39 is 0 Å². The second-order valence-electron chi connectivity index (χ2n) is 4.46. The van der Waals surface area contributed by atoms with Crippen molar-refractivity contribution < 1.29 is 13.6 Å². The summed E-state index contributed by atoms with van der Waals surface area (Å²) in [7, 11) is 1.61. The molecule has 20 heavy (non-hydrogen) atoms. The van der Waals surface area contributed by atoms with E-state index in [9.17, 15) is 9.18 Å². The Kier molecular flexibility index (Phi) is 4.65. The molecule has 0 saturated carbocycles. The van der Waals surface area contributed by atoms with E-state index in [0.717, 1.165) is 10.0 Å². The first-order chi connectivity index (χ1) is 9.38. The molecule has 1 aromatic carbocycles. The van der Waals surface area contributed by atoms with Crippen LogP contribution in [-0.4, -0.2) is 17.9 Å². The van der Waals surface area contributed by atoms with Crippen molar-refractivity contribution in [1.29, 1.82) is 0 Å². The van der Waals surface area contributed by atoms with Gasteiger partial charge in [0.25, 0.3) is 5.91 Å². The summed E-state index contributed by atoms with van der Waals surface area (Å²) in [6, 6.07) is 6.37. The number of hydrogen-bond acceptors (Lipinski definition) is 2. The third-order valence-corrected chi connectivity index (χ3v) is 3.73. The van der Waals surface area contributed by atoms with E-state index in [1.165, 1.54) is 11.0 Å². The van der Waals surface area contributed by atoms with E-state index in [0.29, 0.717) is 10.2 Å². The topological polar surface area (TPSA) is 33.5 Å². The minimum absolute atomic E-state index is 0.169. The summed E-state index contributed by atoms with van der Waals surface area (Å²) in [5, 5.41) is 0. The monoisotopic (exact) mass is 403 g/mol. The predicted molar refractivity (Wildman–Crippen MR) is 81.0 cm³/mol. The summed E-state index contributed by atoms with van der Waals surface area (Å²) in [6.45, 7) is 1.96. The lowest BCUT2D eigenvalue weighted by atomic mass is 10.2. The Balaban J connectivity index is 2.19. The third kappa shape index (κ3) is 3.30. The second-order valence-corrected chi connectivity index (χ2v) is 6.16. The molecule has 0 fully saturated rings. The Morgan fingerprint density at radius 3 is 2.65 bits per heavy atom. The van der Waals surface area contributed by atoms with E-state index in [4.69, 9.17) is 4.42 Å². The Labute approximate surface area is 133 Å². The molecule has 0 aliphatic rings. The number of benzene rings is 1. The Hall–Kier alpha value is -1.14. The van der Waals surface area contributed by atoms with Crippen LogP contribution in [0.3, 0.4) is 0 Å². The van der Waals surface area contributed by atoms with Crippen molar-refractivity contribution in [2.24, 2.45) is 0 Å². The van der Waals surface area contributed by atoms with Crippen LogP contribution >= 0.6 is 31.9 Å². The number of halogens is 3. The number of carbonyl (C=O) groups excluding carboxylic acids is 1. The fourth-order valence-electron chi connectivity index (χ4n) is 1.82. The lowest BCUT2D eigenvalue weighted by Crippen LogP contribution is -2.26. The normalized spacial score (nSPS) is 10.7. The standard InChI is InChI=1S/C14H12Br2FNO2/c1-8-5-12(16)20-13(8)14(19)18(2)7-9-6-10(15)3-4-11(9)17/h3-6H,7H2,1-2H3. The Bertz CT molecular complexity index is 655. The highest BCUT2D eigenvalue weighted by Crippen LogP contribution is 2.22. The van der Waals surface area contributed by atoms with Gasteiger partial charge in [-0.25, -0.2) is 4.39 Å². The van der Waals surface area contributed by atoms with Gasteiger partial charge in [0.05, 0.1) is 0 Å². The number of amides is 1. The number of furan rings is 1. The first kappa shape index (κ1) is 15.3. The van der Waals surface area contributed by atoms with E-state index >= 15 is 0 Å². The van der Waals surface area contributed by atoms with Gasteiger partial charge < -0.3 is 9.32 Å². The van der Waals surface area contributed by atoms with Gasteiger partial charge in [0, 0.05) is 29.2 Å². The van der Waals surface area contributed by atoms with Gasteiger partial charge in [0.1, 0.15) is 5.82 Å². The fourth-order valence-corrected chi connectivity index (χ4v) is 2.73. The molecular weight excluding hydrogens is 393 g/mol. The van der Waals surface area contributed by atoms with Crippen molar-refractivity contribution in [3.63, 3.8) is 0 Å². The molecule has 0 saturated heterocycles. The summed E-state index contributed by atoms with van der Waals surface area (Å²) in [5.41, 5.74) is 1.18. The molecular formula is C14H12Br2FNO2. The average Bonchev–Trinajstić information content (AvgIpc) is 2.72. The lowest BCUT2D eigenvalue weighted by molar-refractivity contribution is 0.0749. The van der Waals surface area contributed by atoms with E-state index in [1.54, 1.807) is 32.2 Å². The third-order valence-electron chi connectivity index (χ3n) is 2.84. The number of aryl methyl sites for hydroxylation is 1. The highest BCUT2D eigenvalue weighted by atomic mass is 79.9. The van der Waals surface area contributed by atoms with Gasteiger partial charge in [0.2, 0.25) is 0 Å². The van der Waals surface area contributed by atoms with Crippen molar-refractivity contribution in [2.45, 2.75) is 13.5 Å². The zero-order chi connectivity index (χ0) is 14.9. The van der Waals surface area contributed by atoms with Gasteiger partial charge in [0.15, 0.2) is 10.4 Å². The van der Waals surface area contributed by atoms with Crippen molar-refractivity contribution >= 4 is 37.8 Å². The fraction of sp³-hybridized carbons (Fsp3) is 0.214. The van der Waals surface area contributed by atoms with Crippen LogP contribution in [0.1, 0.15) is 21.7 Å². The number of rotatable bonds is 3. The summed E-state index contributed by atoms with van der Waals surface area (Å²) in [5.74, 6) is -0.368. The van der Waals surface area contributed by atoms with Gasteiger partial charge in [-0.3, -0.25) is 4.79 Å². The van der Waals surface area contributed by atoms with Crippen molar-refractivity contribution in [3.8, 4) is 0 Å². The molecule has 0 aliphatic carbocycles. The maximum absolute atomic E-state index is 13.7. The number of nitrogens with zero attached hydrogens (tertiary/aromatic N) is 1. The molecule has 106 valence electrons. The van der Waals surface area contributed by atoms with Gasteiger partial charge in [-0.15, -0.1) is 0 Å². The van der Waals surface area contributed by atoms with Gasteiger partial charge in [-0.1, -0.05) is 15.9 Å². The van der Waals surface area contributed by atoms with Gasteiger partial charge in [-0.2, -0.15) is 0 Å². The van der Waals surface area contributed by atoms with Crippen LogP contribution in [0.5, 0.6) is 0 Å². The Morgan fingerprint density at radius 1 is 1.35 bits per heavy atom. The maximum atomic E-state index is 13.7. The van der Waals surface area contributed by atoms with Crippen LogP contribution in [0.2, 0.25) is 0 Å². The number of carbonyl (C=O) groups is 1. The van der Waals surface area contributed by atoms with Crippen LogP contribution in [0.25, 0.3) is 0 Å². The molecule has 3 nitrogen and oxygen atoms in total. The molecule has 2 aromatic rings. The molecule has 0 N–H and O–H groups in total. The predicted octanol–water partition coefficient (Wildman–Crippen LogP) is 4.52. The summed E-state index contributed by atoms with van der Waals surface area (Å²) < 4.78 is 20.3. The van der Waals surface area contributed by atoms with Crippen LogP contribution in [0.15, 0.2) is 37.8 Å². The minimum Gasteiger partial charge on any atom is -0.444 e. The average molecular weight is 405 g/mol. The molecule has 6 heteroatoms. The summed E-state index contributed by atoms with van der Waals surface area (Å²) in [6.07, 6.45) is 0. The van der Waals surface area contributed by atoms with Crippen LogP contribution in [-0.2, 0) is 6.54 Å². The molecule has 0 bridgehead atoms. The molecule has 0 radical (unpaired) electrons. The first-order valence-electron chi connectivity index (χ1n) is 5.84. The van der Waals surface area contributed by atoms with E-state index in [1.807, 2.05) is 0 Å². The summed E-state index contributed by atoms with van der Waals surface area (Å²) in [4.78, 5) is 13.7. The smallest absolute Gasteiger partial charge is 0.289 e. The first-order valence-corrected chi connectivity index (χ1v) is 7.42. The highest BCUT2D eigenvalue weighted by molar-refractivity contribution is 9.10. The van der Waals surface area contributed by atoms with Crippen molar-refractivity contribution in [1.82, 2.24) is 4.90 Å². The highest BCUT2D eigenvalue weighted by Gasteiger charge is 2.20. The SMILES string of the molecule is Cc1cc(Br)oc1C(=O)N(C)Cc1cc(Br)ccc1F. The zero-order valence-corrected chi connectivity index (χ0v) is 14.1. The van der Waals surface area contributed by atoms with Crippen LogP contribution < -0.4 is 0 Å². The number of hydrogen-bond donors (Lipinski definition) is 0. The molecule has 1 aromatic heterocycles. The molecule has 0 aliphatic heterocycles. The van der Waals surface area contributed by atoms with Crippen LogP contribution in [0, 0.1) is 12.7 Å². The van der Waals surface area contributed by atoms with Gasteiger partial charge >= 0.3 is 0 Å². The molecule has 2 rings (SSSR count). The van der Waals surface area contributed by atoms with Crippen LogP contribution in [0.4, 0.5) is 4.39 Å². The molecule has 1 heterocycles. The lowest BCUT2D eigenvalue weighted by Gasteiger charge is -2.17. The largest absolute Gasteiger partial charge is 0.444 e. The van der Waals surface area contributed by atoms with Crippen molar-refractivity contribution in [2.75, 3.05) is 7.05 Å². The van der Waals surface area contributed by atoms with E-state index in [2.05, 4.69) is 31.9 Å².